The summed E-state index contributed by atoms with van der Waals surface area (Å²) in [5, 5.41) is 3.44. The molecule has 1 N–H and O–H groups in total. The third-order valence-corrected chi connectivity index (χ3v) is 4.01. The molecule has 29 heavy (non-hydrogen) atoms. The highest BCUT2D eigenvalue weighted by atomic mass is 16.5. The third kappa shape index (κ3) is 7.61. The van der Waals surface area contributed by atoms with Gasteiger partial charge in [-0.1, -0.05) is 75.9 Å². The van der Waals surface area contributed by atoms with Gasteiger partial charge in [0.05, 0.1) is 5.57 Å². The maximum atomic E-state index is 12.8. The molecule has 0 aromatic heterocycles. The van der Waals surface area contributed by atoms with Crippen molar-refractivity contribution in [2.45, 2.75) is 53.5 Å². The van der Waals surface area contributed by atoms with Crippen molar-refractivity contribution >= 4 is 22.8 Å². The van der Waals surface area contributed by atoms with Crippen molar-refractivity contribution in [1.82, 2.24) is 0 Å². The minimum Gasteiger partial charge on any atom is -0.458 e. The second-order valence-electron chi connectivity index (χ2n) is 7.41. The molecule has 0 unspecified atom stereocenters. The molecule has 0 saturated carbocycles. The van der Waals surface area contributed by atoms with Crippen molar-refractivity contribution < 1.29 is 9.53 Å². The first-order valence-corrected chi connectivity index (χ1v) is 10.3. The normalized spacial score (nSPS) is 11.5. The van der Waals surface area contributed by atoms with Gasteiger partial charge in [0, 0.05) is 11.2 Å². The van der Waals surface area contributed by atoms with E-state index in [9.17, 15) is 4.79 Å². The summed E-state index contributed by atoms with van der Waals surface area (Å²) in [5.74, 6) is -0.327. The SMILES string of the molecule is C=CCOC(=O)/C(=C(\CC)c1ccccc1)c1ccc(NC(C)(C)C)cc1.CC. The number of rotatable bonds is 7. The number of anilines is 1. The van der Waals surface area contributed by atoms with Crippen molar-refractivity contribution in [3.05, 3.63) is 78.4 Å². The zero-order valence-corrected chi connectivity index (χ0v) is 18.7. The van der Waals surface area contributed by atoms with Gasteiger partial charge in [-0.15, -0.1) is 0 Å². The first-order chi connectivity index (χ1) is 13.9. The third-order valence-electron chi connectivity index (χ3n) is 4.01. The lowest BCUT2D eigenvalue weighted by Gasteiger charge is -2.22. The Morgan fingerprint density at radius 1 is 1.00 bits per heavy atom. The van der Waals surface area contributed by atoms with E-state index in [1.165, 1.54) is 0 Å². The summed E-state index contributed by atoms with van der Waals surface area (Å²) in [5.41, 5.74) is 4.45. The molecule has 0 bridgehead atoms. The summed E-state index contributed by atoms with van der Waals surface area (Å²) < 4.78 is 5.39. The van der Waals surface area contributed by atoms with Crippen LogP contribution in [0.15, 0.2) is 67.3 Å². The largest absolute Gasteiger partial charge is 0.458 e. The molecular formula is C26H35NO2. The van der Waals surface area contributed by atoms with Crippen LogP contribution >= 0.6 is 0 Å². The van der Waals surface area contributed by atoms with E-state index in [1.807, 2.05) is 68.4 Å². The quantitative estimate of drug-likeness (QED) is 0.239. The van der Waals surface area contributed by atoms with Crippen LogP contribution in [0.4, 0.5) is 5.69 Å². The number of carbonyl (C=O) groups excluding carboxylic acids is 1. The van der Waals surface area contributed by atoms with E-state index >= 15 is 0 Å². The molecule has 0 fully saturated rings. The zero-order chi connectivity index (χ0) is 21.9. The van der Waals surface area contributed by atoms with E-state index in [2.05, 4.69) is 39.6 Å². The van der Waals surface area contributed by atoms with E-state index in [0.29, 0.717) is 5.57 Å². The van der Waals surface area contributed by atoms with Gasteiger partial charge < -0.3 is 10.1 Å². The molecule has 3 nitrogen and oxygen atoms in total. The van der Waals surface area contributed by atoms with Crippen molar-refractivity contribution in [1.29, 1.82) is 0 Å². The summed E-state index contributed by atoms with van der Waals surface area (Å²) in [7, 11) is 0. The molecule has 0 amide bonds. The fourth-order valence-corrected chi connectivity index (χ4v) is 2.94. The summed E-state index contributed by atoms with van der Waals surface area (Å²) in [6.07, 6.45) is 2.31. The molecule has 3 heteroatoms. The van der Waals surface area contributed by atoms with Crippen LogP contribution in [-0.2, 0) is 9.53 Å². The van der Waals surface area contributed by atoms with Crippen molar-refractivity contribution in [2.75, 3.05) is 11.9 Å². The van der Waals surface area contributed by atoms with E-state index in [1.54, 1.807) is 6.08 Å². The van der Waals surface area contributed by atoms with Gasteiger partial charge in [-0.3, -0.25) is 0 Å². The Morgan fingerprint density at radius 3 is 2.07 bits per heavy atom. The molecule has 0 atom stereocenters. The second-order valence-corrected chi connectivity index (χ2v) is 7.41. The van der Waals surface area contributed by atoms with E-state index in [0.717, 1.165) is 28.8 Å². The van der Waals surface area contributed by atoms with Crippen LogP contribution in [0.1, 0.15) is 59.1 Å². The summed E-state index contributed by atoms with van der Waals surface area (Å²) in [4.78, 5) is 12.8. The van der Waals surface area contributed by atoms with Gasteiger partial charge in [-0.2, -0.15) is 0 Å². The maximum Gasteiger partial charge on any atom is 0.339 e. The maximum absolute atomic E-state index is 12.8. The zero-order valence-electron chi connectivity index (χ0n) is 18.7. The van der Waals surface area contributed by atoms with E-state index < -0.39 is 0 Å². The molecule has 0 aliphatic rings. The Hall–Kier alpha value is -2.81. The van der Waals surface area contributed by atoms with Crippen molar-refractivity contribution in [3.63, 3.8) is 0 Å². The topological polar surface area (TPSA) is 38.3 Å². The lowest BCUT2D eigenvalue weighted by atomic mass is 9.92. The molecule has 2 rings (SSSR count). The van der Waals surface area contributed by atoms with Gasteiger partial charge in [0.1, 0.15) is 6.61 Å². The average molecular weight is 394 g/mol. The Morgan fingerprint density at radius 2 is 1.59 bits per heavy atom. The van der Waals surface area contributed by atoms with Crippen LogP contribution in [0.3, 0.4) is 0 Å². The highest BCUT2D eigenvalue weighted by Gasteiger charge is 2.19. The summed E-state index contributed by atoms with van der Waals surface area (Å²) in [6.45, 7) is 16.2. The number of nitrogens with one attached hydrogen (secondary N) is 1. The Kier molecular flexibility index (Phi) is 9.94. The number of benzene rings is 2. The number of hydrogen-bond acceptors (Lipinski definition) is 3. The molecule has 156 valence electrons. The molecule has 2 aromatic rings. The number of carbonyl (C=O) groups is 1. The molecule has 0 aliphatic carbocycles. The number of ether oxygens (including phenoxy) is 1. The number of allylic oxidation sites excluding steroid dienone is 1. The van der Waals surface area contributed by atoms with Crippen LogP contribution in [-0.4, -0.2) is 18.1 Å². The Labute approximate surface area is 176 Å². The molecule has 0 heterocycles. The highest BCUT2D eigenvalue weighted by Crippen LogP contribution is 2.31. The second kappa shape index (κ2) is 11.9. The van der Waals surface area contributed by atoms with Crippen LogP contribution < -0.4 is 5.32 Å². The van der Waals surface area contributed by atoms with E-state index in [4.69, 9.17) is 4.74 Å². The smallest absolute Gasteiger partial charge is 0.339 e. The molecule has 0 radical (unpaired) electrons. The van der Waals surface area contributed by atoms with Gasteiger partial charge in [-0.05, 0) is 56.0 Å². The van der Waals surface area contributed by atoms with Gasteiger partial charge in [0.15, 0.2) is 0 Å². The average Bonchev–Trinajstić information content (AvgIpc) is 2.72. The lowest BCUT2D eigenvalue weighted by Crippen LogP contribution is -2.25. The first kappa shape index (κ1) is 24.2. The predicted octanol–water partition coefficient (Wildman–Crippen LogP) is 6.97. The standard InChI is InChI=1S/C24H29NO2.C2H6/c1-6-17-27-23(26)22(21(7-2)18-11-9-8-10-12-18)19-13-15-20(16-14-19)25-24(3,4)5;1-2/h6,8-16,25H,1,7,17H2,2-5H3;1-2H3/b22-21+;. The minimum atomic E-state index is -0.327. The molecule has 2 aromatic carbocycles. The predicted molar refractivity (Wildman–Crippen MR) is 126 cm³/mol. The highest BCUT2D eigenvalue weighted by molar-refractivity contribution is 6.24. The van der Waals surface area contributed by atoms with Crippen LogP contribution in [0.5, 0.6) is 0 Å². The van der Waals surface area contributed by atoms with E-state index in [-0.39, 0.29) is 18.1 Å². The fraction of sp³-hybridized carbons (Fsp3) is 0.346. The van der Waals surface area contributed by atoms with Gasteiger partial charge >= 0.3 is 5.97 Å². The summed E-state index contributed by atoms with van der Waals surface area (Å²) >= 11 is 0. The number of esters is 1. The molecule has 0 aliphatic heterocycles. The van der Waals surface area contributed by atoms with Crippen LogP contribution in [0.2, 0.25) is 0 Å². The Balaban J connectivity index is 0.00000204. The monoisotopic (exact) mass is 393 g/mol. The minimum absolute atomic E-state index is 0.0261. The molecular weight excluding hydrogens is 358 g/mol. The Bertz CT molecular complexity index is 797. The lowest BCUT2D eigenvalue weighted by molar-refractivity contribution is -0.135. The number of hydrogen-bond donors (Lipinski definition) is 1. The van der Waals surface area contributed by atoms with Crippen molar-refractivity contribution in [2.24, 2.45) is 0 Å². The van der Waals surface area contributed by atoms with Crippen LogP contribution in [0.25, 0.3) is 11.1 Å². The van der Waals surface area contributed by atoms with Crippen molar-refractivity contribution in [3.8, 4) is 0 Å². The van der Waals surface area contributed by atoms with Gasteiger partial charge in [0.2, 0.25) is 0 Å². The summed E-state index contributed by atoms with van der Waals surface area (Å²) in [6, 6.07) is 17.9. The van der Waals surface area contributed by atoms with Gasteiger partial charge in [0.25, 0.3) is 0 Å². The van der Waals surface area contributed by atoms with Crippen LogP contribution in [0, 0.1) is 0 Å². The molecule has 0 spiro atoms. The fourth-order valence-electron chi connectivity index (χ4n) is 2.94. The first-order valence-electron chi connectivity index (χ1n) is 10.3. The molecule has 0 saturated heterocycles. The van der Waals surface area contributed by atoms with Gasteiger partial charge in [-0.25, -0.2) is 4.79 Å².